The summed E-state index contributed by atoms with van der Waals surface area (Å²) in [5.74, 6) is 0.933. The largest absolute Gasteiger partial charge is 0.277 e. The summed E-state index contributed by atoms with van der Waals surface area (Å²) in [6, 6.07) is 16.1. The minimum absolute atomic E-state index is 0.909. The van der Waals surface area contributed by atoms with E-state index in [1.807, 2.05) is 59.3 Å². The molecule has 20 heavy (non-hydrogen) atoms. The van der Waals surface area contributed by atoms with Crippen LogP contribution >= 0.6 is 11.8 Å². The molecule has 0 N–H and O–H groups in total. The van der Waals surface area contributed by atoms with Crippen LogP contribution in [0.5, 0.6) is 0 Å². The first-order valence-electron chi connectivity index (χ1n) is 6.41. The van der Waals surface area contributed by atoms with Crippen LogP contribution in [0, 0.1) is 0 Å². The van der Waals surface area contributed by atoms with Gasteiger partial charge in [0.25, 0.3) is 0 Å². The van der Waals surface area contributed by atoms with Gasteiger partial charge < -0.3 is 0 Å². The lowest BCUT2D eigenvalue weighted by atomic mass is 10.3. The van der Waals surface area contributed by atoms with Crippen molar-refractivity contribution in [2.24, 2.45) is 0 Å². The van der Waals surface area contributed by atoms with E-state index in [1.165, 1.54) is 0 Å². The number of aromatic nitrogens is 4. The second-order valence-corrected chi connectivity index (χ2v) is 5.30. The summed E-state index contributed by atoms with van der Waals surface area (Å²) in [5.41, 5.74) is 2.18. The Balaban J connectivity index is 1.66. The molecule has 0 aliphatic heterocycles. The molecule has 0 radical (unpaired) electrons. The molecule has 2 aromatic heterocycles. The van der Waals surface area contributed by atoms with Crippen LogP contribution in [0.2, 0.25) is 0 Å². The van der Waals surface area contributed by atoms with E-state index in [0.717, 1.165) is 28.7 Å². The van der Waals surface area contributed by atoms with Crippen molar-refractivity contribution >= 4 is 11.8 Å². The average molecular weight is 282 g/mol. The third-order valence-corrected chi connectivity index (χ3v) is 3.81. The zero-order chi connectivity index (χ0) is 13.6. The first kappa shape index (κ1) is 12.9. The Labute approximate surface area is 121 Å². The Morgan fingerprint density at radius 3 is 2.65 bits per heavy atom. The fraction of sp³-hybridized carbons (Fsp3) is 0.133. The molecule has 3 aromatic rings. The third-order valence-electron chi connectivity index (χ3n) is 2.87. The van der Waals surface area contributed by atoms with E-state index in [2.05, 4.69) is 15.2 Å². The quantitative estimate of drug-likeness (QED) is 0.675. The Morgan fingerprint density at radius 2 is 1.85 bits per heavy atom. The molecule has 0 aliphatic carbocycles. The molecule has 4 nitrogen and oxygen atoms in total. The van der Waals surface area contributed by atoms with Gasteiger partial charge in [0.2, 0.25) is 0 Å². The number of para-hydroxylation sites is 1. The number of hydrogen-bond acceptors (Lipinski definition) is 4. The smallest absolute Gasteiger partial charge is 0.195 e. The topological polar surface area (TPSA) is 43.6 Å². The predicted molar refractivity (Wildman–Crippen MR) is 80.0 cm³/mol. The molecule has 5 heteroatoms. The second-order valence-electron chi connectivity index (χ2n) is 4.24. The first-order chi connectivity index (χ1) is 9.93. The van der Waals surface area contributed by atoms with Crippen LogP contribution in [0.25, 0.3) is 5.69 Å². The van der Waals surface area contributed by atoms with Crippen LogP contribution in [0.4, 0.5) is 0 Å². The molecule has 0 spiro atoms. The minimum Gasteiger partial charge on any atom is -0.277 e. The number of hydrogen-bond donors (Lipinski definition) is 0. The molecule has 0 saturated heterocycles. The summed E-state index contributed by atoms with van der Waals surface area (Å²) in [6.45, 7) is 0. The van der Waals surface area contributed by atoms with Crippen molar-refractivity contribution in [3.05, 3.63) is 66.7 Å². The summed E-state index contributed by atoms with van der Waals surface area (Å²) in [5, 5.41) is 9.09. The number of nitrogens with zero attached hydrogens (tertiary/aromatic N) is 4. The molecular formula is C15H14N4S. The molecule has 0 saturated carbocycles. The van der Waals surface area contributed by atoms with Gasteiger partial charge in [0.05, 0.1) is 0 Å². The van der Waals surface area contributed by atoms with Gasteiger partial charge in [-0.3, -0.25) is 9.55 Å². The molecule has 0 unspecified atom stereocenters. The monoisotopic (exact) mass is 282 g/mol. The van der Waals surface area contributed by atoms with Crippen LogP contribution in [-0.2, 0) is 6.42 Å². The fourth-order valence-electron chi connectivity index (χ4n) is 1.88. The van der Waals surface area contributed by atoms with E-state index in [4.69, 9.17) is 0 Å². The van der Waals surface area contributed by atoms with Crippen LogP contribution in [0.1, 0.15) is 5.69 Å². The maximum Gasteiger partial charge on any atom is 0.195 e. The molecule has 0 atom stereocenters. The minimum atomic E-state index is 0.909. The average Bonchev–Trinajstić information content (AvgIpc) is 2.98. The van der Waals surface area contributed by atoms with Gasteiger partial charge in [0, 0.05) is 23.3 Å². The zero-order valence-corrected chi connectivity index (χ0v) is 11.7. The number of aryl methyl sites for hydroxylation is 1. The van der Waals surface area contributed by atoms with Crippen LogP contribution in [0.15, 0.2) is 66.2 Å². The molecule has 1 aromatic carbocycles. The highest BCUT2D eigenvalue weighted by Gasteiger charge is 2.06. The molecule has 100 valence electrons. The van der Waals surface area contributed by atoms with Crippen molar-refractivity contribution in [2.75, 3.05) is 5.75 Å². The number of rotatable bonds is 5. The van der Waals surface area contributed by atoms with E-state index in [-0.39, 0.29) is 0 Å². The highest BCUT2D eigenvalue weighted by molar-refractivity contribution is 7.99. The molecule has 0 bridgehead atoms. The predicted octanol–water partition coefficient (Wildman–Crippen LogP) is 3.00. The van der Waals surface area contributed by atoms with Gasteiger partial charge >= 0.3 is 0 Å². The Bertz CT molecular complexity index is 652. The van der Waals surface area contributed by atoms with Crippen molar-refractivity contribution in [1.29, 1.82) is 0 Å². The van der Waals surface area contributed by atoms with Gasteiger partial charge in [-0.25, -0.2) is 0 Å². The second kappa shape index (κ2) is 6.34. The normalized spacial score (nSPS) is 10.6. The molecule has 0 amide bonds. The number of thioether (sulfide) groups is 1. The van der Waals surface area contributed by atoms with E-state index >= 15 is 0 Å². The molecule has 3 rings (SSSR count). The van der Waals surface area contributed by atoms with Crippen molar-refractivity contribution in [3.63, 3.8) is 0 Å². The number of benzene rings is 1. The molecule has 0 aliphatic rings. The van der Waals surface area contributed by atoms with E-state index < -0.39 is 0 Å². The van der Waals surface area contributed by atoms with E-state index in [1.54, 1.807) is 18.1 Å². The Hall–Kier alpha value is -2.14. The summed E-state index contributed by atoms with van der Waals surface area (Å²) >= 11 is 1.69. The standard InChI is InChI=1S/C15H14N4S/c1-2-7-14(8-3-1)19-12-17-18-15(19)20-11-9-13-6-4-5-10-16-13/h1-8,10,12H,9,11H2. The van der Waals surface area contributed by atoms with E-state index in [9.17, 15) is 0 Å². The maximum absolute atomic E-state index is 4.32. The maximum atomic E-state index is 4.32. The van der Waals surface area contributed by atoms with Gasteiger partial charge in [-0.05, 0) is 30.7 Å². The highest BCUT2D eigenvalue weighted by Crippen LogP contribution is 2.19. The van der Waals surface area contributed by atoms with Crippen molar-refractivity contribution < 1.29 is 0 Å². The first-order valence-corrected chi connectivity index (χ1v) is 7.40. The lowest BCUT2D eigenvalue weighted by Crippen LogP contribution is -1.97. The Kier molecular flexibility index (Phi) is 4.08. The lowest BCUT2D eigenvalue weighted by molar-refractivity contribution is 0.881. The summed E-state index contributed by atoms with van der Waals surface area (Å²) in [6.07, 6.45) is 4.50. The lowest BCUT2D eigenvalue weighted by Gasteiger charge is -2.05. The summed E-state index contributed by atoms with van der Waals surface area (Å²) in [7, 11) is 0. The SMILES string of the molecule is c1ccc(-n2cnnc2SCCc2ccccn2)cc1. The van der Waals surface area contributed by atoms with Crippen LogP contribution < -0.4 is 0 Å². The van der Waals surface area contributed by atoms with Crippen molar-refractivity contribution in [1.82, 2.24) is 19.7 Å². The van der Waals surface area contributed by atoms with Gasteiger partial charge in [0.15, 0.2) is 5.16 Å². The van der Waals surface area contributed by atoms with E-state index in [0.29, 0.717) is 0 Å². The molecule has 2 heterocycles. The van der Waals surface area contributed by atoms with Crippen LogP contribution in [0.3, 0.4) is 0 Å². The molecular weight excluding hydrogens is 268 g/mol. The van der Waals surface area contributed by atoms with Gasteiger partial charge in [0.1, 0.15) is 6.33 Å². The molecule has 0 fully saturated rings. The van der Waals surface area contributed by atoms with Gasteiger partial charge in [-0.15, -0.1) is 10.2 Å². The summed E-state index contributed by atoms with van der Waals surface area (Å²) < 4.78 is 2.00. The Morgan fingerprint density at radius 1 is 1.00 bits per heavy atom. The number of pyridine rings is 1. The summed E-state index contributed by atoms with van der Waals surface area (Å²) in [4.78, 5) is 4.32. The van der Waals surface area contributed by atoms with Crippen molar-refractivity contribution in [2.45, 2.75) is 11.6 Å². The zero-order valence-electron chi connectivity index (χ0n) is 10.9. The van der Waals surface area contributed by atoms with Gasteiger partial charge in [-0.1, -0.05) is 36.0 Å². The fourth-order valence-corrected chi connectivity index (χ4v) is 2.77. The van der Waals surface area contributed by atoms with Gasteiger partial charge in [-0.2, -0.15) is 0 Å². The third kappa shape index (κ3) is 3.05. The highest BCUT2D eigenvalue weighted by atomic mass is 32.2. The van der Waals surface area contributed by atoms with Crippen LogP contribution in [-0.4, -0.2) is 25.5 Å². The van der Waals surface area contributed by atoms with Crippen molar-refractivity contribution in [3.8, 4) is 5.69 Å².